The molecule has 0 amide bonds. The minimum Gasteiger partial charge on any atom is -0.430 e. The van der Waals surface area contributed by atoms with E-state index in [1.165, 1.54) is 35.4 Å². The van der Waals surface area contributed by atoms with Crippen molar-refractivity contribution >= 4 is 45.7 Å². The van der Waals surface area contributed by atoms with Crippen LogP contribution in [0.5, 0.6) is 0 Å². The molecule has 1 aliphatic heterocycles. The highest BCUT2D eigenvalue weighted by Gasteiger charge is 2.65. The summed E-state index contributed by atoms with van der Waals surface area (Å²) >= 11 is 2.72. The Morgan fingerprint density at radius 3 is 2.57 bits per heavy atom. The molecule has 35 heavy (non-hydrogen) atoms. The zero-order valence-corrected chi connectivity index (χ0v) is 19.0. The summed E-state index contributed by atoms with van der Waals surface area (Å²) < 4.78 is 15.7. The zero-order valence-electron chi connectivity index (χ0n) is 17.4. The van der Waals surface area contributed by atoms with Crippen LogP contribution in [-0.2, 0) is 5.66 Å². The number of oxazole rings is 1. The quantitative estimate of drug-likeness (QED) is 0.338. The Hall–Kier alpha value is -4.77. The SMILES string of the molecule is c1cc(C2(c3cn[nH]n3)N(c3ccon3)N(c3ncco3)N(c3ccsn3)N2c2nccs2)[nH]n1. The van der Waals surface area contributed by atoms with E-state index in [4.69, 9.17) is 8.94 Å². The van der Waals surface area contributed by atoms with Gasteiger partial charge in [-0.3, -0.25) is 5.10 Å². The molecule has 15 nitrogen and oxygen atoms in total. The van der Waals surface area contributed by atoms with Crippen molar-refractivity contribution in [2.75, 3.05) is 20.3 Å². The molecule has 1 saturated heterocycles. The minimum absolute atomic E-state index is 0.229. The maximum atomic E-state index is 5.80. The van der Waals surface area contributed by atoms with Crippen molar-refractivity contribution in [3.05, 3.63) is 77.7 Å². The molecule has 0 aliphatic carbocycles. The van der Waals surface area contributed by atoms with Crippen molar-refractivity contribution in [3.8, 4) is 0 Å². The Labute approximate surface area is 203 Å². The third-order valence-corrected chi connectivity index (χ3v) is 6.58. The molecule has 1 fully saturated rings. The topological polar surface area (TPSA) is 161 Å². The van der Waals surface area contributed by atoms with Gasteiger partial charge in [-0.2, -0.15) is 39.9 Å². The van der Waals surface area contributed by atoms with Crippen LogP contribution in [0.15, 0.2) is 75.2 Å². The molecule has 0 bridgehead atoms. The summed E-state index contributed by atoms with van der Waals surface area (Å²) in [5.74, 6) is 0.988. The predicted octanol–water partition coefficient (Wildman–Crippen LogP) is 2.40. The van der Waals surface area contributed by atoms with Crippen LogP contribution in [0.3, 0.4) is 0 Å². The summed E-state index contributed by atoms with van der Waals surface area (Å²) in [7, 11) is 0. The molecule has 2 N–H and O–H groups in total. The summed E-state index contributed by atoms with van der Waals surface area (Å²) in [4.78, 5) is 9.08. The Kier molecular flexibility index (Phi) is 4.29. The van der Waals surface area contributed by atoms with Crippen LogP contribution >= 0.6 is 22.9 Å². The standard InChI is InChI=1S/C18H13N13O2S2/c1-4-21-23-12(1)18(13-11-22-27-24-13)28(14-2-7-33-25-14)31(16-19-5-8-32-16)30(15-3-9-35-26-15)29(18)17-20-6-10-34-17/h1-11H,(H,21,23)(H,22,24,27). The van der Waals surface area contributed by atoms with Gasteiger partial charge >= 0.3 is 6.01 Å². The fourth-order valence-corrected chi connectivity index (χ4v) is 5.20. The van der Waals surface area contributed by atoms with E-state index in [1.807, 2.05) is 27.9 Å². The fourth-order valence-electron chi connectivity index (χ4n) is 4.04. The average molecular weight is 508 g/mol. The van der Waals surface area contributed by atoms with Crippen LogP contribution in [0.4, 0.5) is 22.8 Å². The van der Waals surface area contributed by atoms with Gasteiger partial charge in [-0.25, -0.2) is 4.98 Å². The van der Waals surface area contributed by atoms with Gasteiger partial charge in [0.15, 0.2) is 11.6 Å². The highest BCUT2D eigenvalue weighted by Crippen LogP contribution is 2.51. The highest BCUT2D eigenvalue weighted by atomic mass is 32.1. The molecule has 1 aliphatic rings. The molecule has 1 atom stereocenters. The number of rotatable bonds is 6. The van der Waals surface area contributed by atoms with Crippen LogP contribution in [-0.4, -0.2) is 45.1 Å². The second-order valence-corrected chi connectivity index (χ2v) is 8.58. The summed E-state index contributed by atoms with van der Waals surface area (Å²) in [6, 6.07) is 5.65. The molecule has 7 rings (SSSR count). The van der Waals surface area contributed by atoms with Crippen LogP contribution in [0, 0.1) is 0 Å². The van der Waals surface area contributed by atoms with Gasteiger partial charge in [0.05, 0.1) is 18.1 Å². The van der Waals surface area contributed by atoms with Crippen molar-refractivity contribution in [1.82, 2.24) is 45.1 Å². The van der Waals surface area contributed by atoms with Gasteiger partial charge in [-0.05, 0) is 23.7 Å². The first kappa shape index (κ1) is 19.7. The first-order valence-electron chi connectivity index (χ1n) is 10.1. The number of nitrogens with zero attached hydrogens (tertiary/aromatic N) is 11. The molecule has 7 heterocycles. The minimum atomic E-state index is -1.31. The van der Waals surface area contributed by atoms with Gasteiger partial charge in [0.25, 0.3) is 0 Å². The lowest BCUT2D eigenvalue weighted by Gasteiger charge is -2.38. The normalized spacial score (nSPS) is 18.2. The van der Waals surface area contributed by atoms with Crippen molar-refractivity contribution < 1.29 is 8.94 Å². The van der Waals surface area contributed by atoms with Gasteiger partial charge < -0.3 is 8.94 Å². The van der Waals surface area contributed by atoms with E-state index in [9.17, 15) is 0 Å². The smallest absolute Gasteiger partial charge is 0.339 e. The number of H-pyrrole nitrogens is 2. The first-order chi connectivity index (χ1) is 17.4. The lowest BCUT2D eigenvalue weighted by atomic mass is 10.0. The lowest BCUT2D eigenvalue weighted by Crippen LogP contribution is -2.55. The Bertz CT molecular complexity index is 1350. The Morgan fingerprint density at radius 2 is 1.91 bits per heavy atom. The van der Waals surface area contributed by atoms with E-state index in [2.05, 4.69) is 45.1 Å². The monoisotopic (exact) mass is 507 g/mol. The van der Waals surface area contributed by atoms with Crippen LogP contribution in [0.1, 0.15) is 11.4 Å². The molecule has 6 aromatic rings. The predicted molar refractivity (Wildman–Crippen MR) is 123 cm³/mol. The fraction of sp³-hybridized carbons (Fsp3) is 0.0556. The van der Waals surface area contributed by atoms with Gasteiger partial charge in [0.2, 0.25) is 10.8 Å². The number of aromatic nitrogens is 9. The molecule has 6 aromatic heterocycles. The van der Waals surface area contributed by atoms with Crippen molar-refractivity contribution in [1.29, 1.82) is 0 Å². The molecular formula is C18H13N13O2S2. The first-order valence-corrected chi connectivity index (χ1v) is 11.8. The molecule has 174 valence electrons. The average Bonchev–Trinajstić information content (AvgIpc) is 3.71. The largest absolute Gasteiger partial charge is 0.430 e. The molecule has 0 spiro atoms. The summed E-state index contributed by atoms with van der Waals surface area (Å²) in [5.41, 5.74) is -0.191. The van der Waals surface area contributed by atoms with Gasteiger partial charge in [-0.15, -0.1) is 21.6 Å². The lowest BCUT2D eigenvalue weighted by molar-refractivity contribution is 0.408. The number of hydrazine groups is 3. The number of nitrogens with one attached hydrogen (secondary N) is 2. The molecule has 0 aromatic carbocycles. The molecule has 0 saturated carbocycles. The molecule has 0 radical (unpaired) electrons. The Morgan fingerprint density at radius 1 is 0.914 bits per heavy atom. The second-order valence-electron chi connectivity index (χ2n) is 7.04. The summed E-state index contributed by atoms with van der Waals surface area (Å²) in [6.45, 7) is 0. The third kappa shape index (κ3) is 2.72. The van der Waals surface area contributed by atoms with E-state index >= 15 is 0 Å². The van der Waals surface area contributed by atoms with E-state index < -0.39 is 5.66 Å². The van der Waals surface area contributed by atoms with Gasteiger partial charge in [0, 0.05) is 29.2 Å². The van der Waals surface area contributed by atoms with Crippen molar-refractivity contribution in [2.45, 2.75) is 5.66 Å². The highest BCUT2D eigenvalue weighted by molar-refractivity contribution is 7.13. The second kappa shape index (κ2) is 7.64. The summed E-state index contributed by atoms with van der Waals surface area (Å²) in [5, 5.41) is 34.5. The van der Waals surface area contributed by atoms with Crippen LogP contribution < -0.4 is 20.3 Å². The Balaban J connectivity index is 1.63. The number of anilines is 4. The van der Waals surface area contributed by atoms with Crippen molar-refractivity contribution in [3.63, 3.8) is 0 Å². The number of hydrogen-bond donors (Lipinski definition) is 2. The molecular weight excluding hydrogens is 494 g/mol. The maximum absolute atomic E-state index is 5.80. The van der Waals surface area contributed by atoms with Crippen molar-refractivity contribution in [2.24, 2.45) is 0 Å². The van der Waals surface area contributed by atoms with Crippen LogP contribution in [0.2, 0.25) is 0 Å². The van der Waals surface area contributed by atoms with Gasteiger partial charge in [-0.1, -0.05) is 5.16 Å². The van der Waals surface area contributed by atoms with E-state index in [0.29, 0.717) is 28.2 Å². The third-order valence-electron chi connectivity index (χ3n) is 5.28. The van der Waals surface area contributed by atoms with Gasteiger partial charge in [0.1, 0.15) is 18.2 Å². The molecule has 1 unspecified atom stereocenters. The summed E-state index contributed by atoms with van der Waals surface area (Å²) in [6.07, 6.45) is 9.49. The number of hydrogen-bond acceptors (Lipinski definition) is 15. The number of aromatic amines is 2. The van der Waals surface area contributed by atoms with E-state index in [1.54, 1.807) is 46.1 Å². The van der Waals surface area contributed by atoms with E-state index in [0.717, 1.165) is 0 Å². The maximum Gasteiger partial charge on any atom is 0.339 e. The number of thiazole rings is 1. The zero-order chi connectivity index (χ0) is 23.2. The van der Waals surface area contributed by atoms with E-state index in [-0.39, 0.29) is 6.01 Å². The molecule has 17 heteroatoms. The van der Waals surface area contributed by atoms with Crippen LogP contribution in [0.25, 0.3) is 0 Å².